The zero-order chi connectivity index (χ0) is 6.53. The van der Waals surface area contributed by atoms with Crippen LogP contribution in [0.25, 0.3) is 4.85 Å². The summed E-state index contributed by atoms with van der Waals surface area (Å²) in [6, 6.07) is 1.73. The van der Waals surface area contributed by atoms with Gasteiger partial charge >= 0.3 is 0 Å². The molecule has 0 atom stereocenters. The molecule has 0 spiro atoms. The lowest BCUT2D eigenvalue weighted by atomic mass is 10.4. The summed E-state index contributed by atoms with van der Waals surface area (Å²) in [5, 5.41) is 0. The van der Waals surface area contributed by atoms with E-state index in [0.717, 1.165) is 5.69 Å². The lowest BCUT2D eigenvalue weighted by molar-refractivity contribution is 1.05. The minimum atomic E-state index is 0.350. The van der Waals surface area contributed by atoms with E-state index in [2.05, 4.69) is 14.8 Å². The molecule has 0 unspecified atom stereocenters. The fraction of sp³-hybridized carbons (Fsp3) is 0.167. The summed E-state index contributed by atoms with van der Waals surface area (Å²) in [6.45, 7) is 6.85. The molecule has 0 saturated heterocycles. The molecule has 1 aromatic rings. The van der Waals surface area contributed by atoms with Crippen LogP contribution in [0.5, 0.6) is 0 Å². The van der Waals surface area contributed by atoms with Crippen molar-refractivity contribution in [2.75, 3.05) is 0 Å². The van der Waals surface area contributed by atoms with Gasteiger partial charge in [-0.15, -0.1) is 0 Å². The second-order valence-corrected chi connectivity index (χ2v) is 1.52. The highest BCUT2D eigenvalue weighted by Crippen LogP contribution is 1.91. The van der Waals surface area contributed by atoms with Crippen molar-refractivity contribution in [3.8, 4) is 0 Å². The van der Waals surface area contributed by atoms with Crippen molar-refractivity contribution in [3.05, 3.63) is 35.7 Å². The zero-order valence-electron chi connectivity index (χ0n) is 4.78. The number of nitrogens with zero attached hydrogens (tertiary/aromatic N) is 3. The van der Waals surface area contributed by atoms with Gasteiger partial charge in [0, 0.05) is 6.20 Å². The Kier molecular flexibility index (Phi) is 1.76. The van der Waals surface area contributed by atoms with Crippen molar-refractivity contribution in [2.45, 2.75) is 6.54 Å². The maximum Gasteiger partial charge on any atom is 0.256 e. The molecule has 9 heavy (non-hydrogen) atoms. The molecule has 0 fully saturated rings. The predicted molar refractivity (Wildman–Crippen MR) is 32.3 cm³/mol. The van der Waals surface area contributed by atoms with E-state index >= 15 is 0 Å². The van der Waals surface area contributed by atoms with Crippen LogP contribution >= 0.6 is 0 Å². The summed E-state index contributed by atoms with van der Waals surface area (Å²) >= 11 is 0. The molecule has 1 rings (SSSR count). The van der Waals surface area contributed by atoms with Crippen LogP contribution in [0.1, 0.15) is 5.69 Å². The lowest BCUT2D eigenvalue weighted by Crippen LogP contribution is -1.84. The Morgan fingerprint density at radius 1 is 1.67 bits per heavy atom. The van der Waals surface area contributed by atoms with Crippen molar-refractivity contribution < 1.29 is 0 Å². The van der Waals surface area contributed by atoms with E-state index in [0.29, 0.717) is 6.54 Å². The van der Waals surface area contributed by atoms with Crippen molar-refractivity contribution in [2.24, 2.45) is 0 Å². The van der Waals surface area contributed by atoms with Gasteiger partial charge in [0.1, 0.15) is 12.0 Å². The van der Waals surface area contributed by atoms with Gasteiger partial charge in [-0.25, -0.2) is 16.5 Å². The molecule has 0 amide bonds. The lowest BCUT2D eigenvalue weighted by Gasteiger charge is -1.84. The molecule has 0 aliphatic heterocycles. The number of rotatable bonds is 1. The first-order valence-electron chi connectivity index (χ1n) is 2.51. The third kappa shape index (κ3) is 1.50. The molecule has 44 valence electrons. The van der Waals surface area contributed by atoms with Crippen LogP contribution < -0.4 is 0 Å². The topological polar surface area (TPSA) is 30.1 Å². The highest BCUT2D eigenvalue weighted by Gasteiger charge is 1.90. The fourth-order valence-corrected chi connectivity index (χ4v) is 0.493. The molecule has 1 heterocycles. The van der Waals surface area contributed by atoms with Crippen molar-refractivity contribution in [1.82, 2.24) is 9.97 Å². The third-order valence-electron chi connectivity index (χ3n) is 0.884. The van der Waals surface area contributed by atoms with Crippen LogP contribution in [0, 0.1) is 6.57 Å². The molecule has 0 saturated carbocycles. The van der Waals surface area contributed by atoms with Gasteiger partial charge in [0.25, 0.3) is 6.54 Å². The highest BCUT2D eigenvalue weighted by atomic mass is 14.8. The van der Waals surface area contributed by atoms with Crippen LogP contribution in [0.3, 0.4) is 0 Å². The number of hydrogen-bond acceptors (Lipinski definition) is 2. The number of aromatic nitrogens is 2. The molecule has 0 N–H and O–H groups in total. The molecule has 0 radical (unpaired) electrons. The predicted octanol–water partition coefficient (Wildman–Crippen LogP) is 0.896. The molecule has 1 aromatic heterocycles. The highest BCUT2D eigenvalue weighted by molar-refractivity contribution is 4.99. The molecule has 0 aliphatic rings. The quantitative estimate of drug-likeness (QED) is 0.514. The van der Waals surface area contributed by atoms with Crippen LogP contribution in [0.2, 0.25) is 0 Å². The summed E-state index contributed by atoms with van der Waals surface area (Å²) in [6.07, 6.45) is 3.08. The van der Waals surface area contributed by atoms with E-state index in [1.165, 1.54) is 6.33 Å². The van der Waals surface area contributed by atoms with E-state index in [1.54, 1.807) is 12.3 Å². The van der Waals surface area contributed by atoms with Gasteiger partial charge in [-0.1, -0.05) is 0 Å². The summed E-state index contributed by atoms with van der Waals surface area (Å²) in [5.41, 5.74) is 0.778. The van der Waals surface area contributed by atoms with E-state index < -0.39 is 0 Å². The molecule has 0 bridgehead atoms. The number of hydrogen-bond donors (Lipinski definition) is 0. The Balaban J connectivity index is 2.76. The Morgan fingerprint density at radius 3 is 3.11 bits per heavy atom. The maximum absolute atomic E-state index is 6.50. The molecule has 3 nitrogen and oxygen atoms in total. The fourth-order valence-electron chi connectivity index (χ4n) is 0.493. The summed E-state index contributed by atoms with van der Waals surface area (Å²) in [4.78, 5) is 10.7. The van der Waals surface area contributed by atoms with Crippen molar-refractivity contribution in [1.29, 1.82) is 0 Å². The van der Waals surface area contributed by atoms with Gasteiger partial charge in [0.2, 0.25) is 0 Å². The maximum atomic E-state index is 6.50. The third-order valence-corrected chi connectivity index (χ3v) is 0.884. The zero-order valence-corrected chi connectivity index (χ0v) is 4.78. The van der Waals surface area contributed by atoms with Gasteiger partial charge in [0.15, 0.2) is 0 Å². The minimum Gasteiger partial charge on any atom is -0.310 e. The van der Waals surface area contributed by atoms with Gasteiger partial charge in [0.05, 0.1) is 0 Å². The van der Waals surface area contributed by atoms with Gasteiger partial charge < -0.3 is 4.85 Å². The summed E-state index contributed by atoms with van der Waals surface area (Å²) in [5.74, 6) is 0. The Hall–Kier alpha value is -1.43. The average molecular weight is 119 g/mol. The van der Waals surface area contributed by atoms with Crippen LogP contribution in [0.15, 0.2) is 18.6 Å². The van der Waals surface area contributed by atoms with E-state index in [4.69, 9.17) is 6.57 Å². The first-order valence-corrected chi connectivity index (χ1v) is 2.51. The summed E-state index contributed by atoms with van der Waals surface area (Å²) in [7, 11) is 0. The smallest absolute Gasteiger partial charge is 0.256 e. The Morgan fingerprint density at radius 2 is 2.56 bits per heavy atom. The average Bonchev–Trinajstić information content (AvgIpc) is 1.91. The van der Waals surface area contributed by atoms with Gasteiger partial charge in [-0.05, 0) is 6.07 Å². The second kappa shape index (κ2) is 2.78. The van der Waals surface area contributed by atoms with Gasteiger partial charge in [-0.3, -0.25) is 0 Å². The van der Waals surface area contributed by atoms with E-state index in [9.17, 15) is 0 Å². The van der Waals surface area contributed by atoms with Crippen molar-refractivity contribution in [3.63, 3.8) is 0 Å². The standard InChI is InChI=1S/C6H5N3/c1-7-4-6-2-3-8-5-9-6/h2-3,5H,4H2. The molecular formula is C6H5N3. The normalized spacial score (nSPS) is 8.33. The van der Waals surface area contributed by atoms with E-state index in [1.807, 2.05) is 0 Å². The van der Waals surface area contributed by atoms with Crippen molar-refractivity contribution >= 4 is 0 Å². The molecular weight excluding hydrogens is 114 g/mol. The summed E-state index contributed by atoms with van der Waals surface area (Å²) < 4.78 is 0. The van der Waals surface area contributed by atoms with Gasteiger partial charge in [-0.2, -0.15) is 0 Å². The monoisotopic (exact) mass is 119 g/mol. The van der Waals surface area contributed by atoms with Crippen LogP contribution in [-0.2, 0) is 6.54 Å². The van der Waals surface area contributed by atoms with E-state index in [-0.39, 0.29) is 0 Å². The second-order valence-electron chi connectivity index (χ2n) is 1.52. The molecule has 3 heteroatoms. The largest absolute Gasteiger partial charge is 0.310 e. The first kappa shape index (κ1) is 5.70. The molecule has 0 aliphatic carbocycles. The first-order chi connectivity index (χ1) is 4.43. The molecule has 0 aromatic carbocycles. The minimum absolute atomic E-state index is 0.350. The van der Waals surface area contributed by atoms with Crippen LogP contribution in [-0.4, -0.2) is 9.97 Å². The Labute approximate surface area is 53.2 Å². The van der Waals surface area contributed by atoms with Crippen LogP contribution in [0.4, 0.5) is 0 Å². The Bertz CT molecular complexity index is 211. The SMILES string of the molecule is [C-]#[N+]Cc1ccncn1.